The van der Waals surface area contributed by atoms with Crippen LogP contribution >= 0.6 is 0 Å². The van der Waals surface area contributed by atoms with E-state index in [-0.39, 0.29) is 11.3 Å². The summed E-state index contributed by atoms with van der Waals surface area (Å²) >= 11 is 0. The number of hydrogen-bond acceptors (Lipinski definition) is 5. The molecular formula is C30H26N4O2. The third kappa shape index (κ3) is 4.94. The number of pyridine rings is 2. The minimum Gasteiger partial charge on any atom is -0.398 e. The summed E-state index contributed by atoms with van der Waals surface area (Å²) in [6, 6.07) is 29.0. The fourth-order valence-electron chi connectivity index (χ4n) is 4.27. The second-order valence-corrected chi connectivity index (χ2v) is 8.62. The zero-order valence-corrected chi connectivity index (χ0v) is 19.7. The summed E-state index contributed by atoms with van der Waals surface area (Å²) in [5, 5.41) is 3.90. The van der Waals surface area contributed by atoms with E-state index in [9.17, 15) is 9.59 Å². The number of nitrogen functional groups attached to an aromatic ring is 1. The van der Waals surface area contributed by atoms with Crippen LogP contribution < -0.4 is 16.6 Å². The van der Waals surface area contributed by atoms with Crippen LogP contribution in [0, 0.1) is 0 Å². The van der Waals surface area contributed by atoms with Crippen LogP contribution in [0.3, 0.4) is 0 Å². The molecule has 6 heteroatoms. The molecule has 0 aliphatic carbocycles. The van der Waals surface area contributed by atoms with Gasteiger partial charge in [0.05, 0.1) is 16.6 Å². The Balaban J connectivity index is 1.33. The van der Waals surface area contributed by atoms with Crippen molar-refractivity contribution < 1.29 is 4.79 Å². The molecule has 2 aromatic heterocycles. The minimum atomic E-state index is -0.154. The van der Waals surface area contributed by atoms with Gasteiger partial charge in [0.2, 0.25) is 0 Å². The Bertz CT molecular complexity index is 1580. The molecule has 0 spiro atoms. The van der Waals surface area contributed by atoms with Crippen LogP contribution in [0.15, 0.2) is 102 Å². The Morgan fingerprint density at radius 2 is 1.64 bits per heavy atom. The van der Waals surface area contributed by atoms with Crippen molar-refractivity contribution >= 4 is 22.4 Å². The standard InChI is InChI=1S/C30H26N4O2/c31-26-9-5-4-8-23(26)28(35)15-16-32-19-20-10-12-22(13-11-20)29-24(21-6-2-1-3-7-21)18-25-27(34-29)14-17-33-30(25)36/h1-14,17-18,32H,15-16,19,31H2,(H,33,36). The zero-order valence-electron chi connectivity index (χ0n) is 19.7. The number of para-hydroxylation sites is 1. The van der Waals surface area contributed by atoms with Gasteiger partial charge < -0.3 is 16.0 Å². The molecule has 0 amide bonds. The SMILES string of the molecule is Nc1ccccc1C(=O)CCNCc1ccc(-c2nc3cc[nH]c(=O)c3cc2-c2ccccc2)cc1. The molecule has 0 aliphatic rings. The lowest BCUT2D eigenvalue weighted by Crippen LogP contribution is -2.18. The number of aromatic amines is 1. The molecule has 0 radical (unpaired) electrons. The van der Waals surface area contributed by atoms with Crippen molar-refractivity contribution in [2.24, 2.45) is 0 Å². The van der Waals surface area contributed by atoms with Crippen molar-refractivity contribution in [3.63, 3.8) is 0 Å². The number of benzene rings is 3. The number of ketones is 1. The zero-order chi connectivity index (χ0) is 24.9. The molecular weight excluding hydrogens is 448 g/mol. The molecule has 0 aliphatic heterocycles. The van der Waals surface area contributed by atoms with Gasteiger partial charge in [-0.1, -0.05) is 66.7 Å². The van der Waals surface area contributed by atoms with Crippen LogP contribution in [0.4, 0.5) is 5.69 Å². The first kappa shape index (κ1) is 23.2. The van der Waals surface area contributed by atoms with Crippen molar-refractivity contribution in [3.8, 4) is 22.4 Å². The Morgan fingerprint density at radius 3 is 2.42 bits per heavy atom. The Morgan fingerprint density at radius 1 is 0.889 bits per heavy atom. The van der Waals surface area contributed by atoms with Gasteiger partial charge in [0, 0.05) is 48.1 Å². The van der Waals surface area contributed by atoms with Crippen molar-refractivity contribution in [2.75, 3.05) is 12.3 Å². The van der Waals surface area contributed by atoms with Crippen LogP contribution in [-0.2, 0) is 6.54 Å². The normalized spacial score (nSPS) is 11.0. The minimum absolute atomic E-state index is 0.0330. The van der Waals surface area contributed by atoms with Crippen molar-refractivity contribution in [1.29, 1.82) is 0 Å². The van der Waals surface area contributed by atoms with Crippen LogP contribution in [-0.4, -0.2) is 22.3 Å². The number of hydrogen-bond donors (Lipinski definition) is 3. The molecule has 6 nitrogen and oxygen atoms in total. The molecule has 2 heterocycles. The number of carbonyl (C=O) groups excluding carboxylic acids is 1. The predicted molar refractivity (Wildman–Crippen MR) is 145 cm³/mol. The van der Waals surface area contributed by atoms with Gasteiger partial charge in [0.15, 0.2) is 5.78 Å². The Hall–Kier alpha value is -4.55. The summed E-state index contributed by atoms with van der Waals surface area (Å²) in [4.78, 5) is 32.4. The number of H-pyrrole nitrogens is 1. The first-order valence-electron chi connectivity index (χ1n) is 11.9. The molecule has 0 saturated carbocycles. The number of carbonyl (C=O) groups is 1. The van der Waals surface area contributed by atoms with Crippen LogP contribution in [0.2, 0.25) is 0 Å². The van der Waals surface area contributed by atoms with E-state index < -0.39 is 0 Å². The van der Waals surface area contributed by atoms with Gasteiger partial charge in [0.25, 0.3) is 5.56 Å². The van der Waals surface area contributed by atoms with E-state index >= 15 is 0 Å². The van der Waals surface area contributed by atoms with E-state index in [2.05, 4.69) is 22.4 Å². The molecule has 0 unspecified atom stereocenters. The number of nitrogens with two attached hydrogens (primary N) is 1. The second-order valence-electron chi connectivity index (χ2n) is 8.62. The lowest BCUT2D eigenvalue weighted by molar-refractivity contribution is 0.0983. The fourth-order valence-corrected chi connectivity index (χ4v) is 4.27. The van der Waals surface area contributed by atoms with Gasteiger partial charge >= 0.3 is 0 Å². The number of nitrogens with zero attached hydrogens (tertiary/aromatic N) is 1. The largest absolute Gasteiger partial charge is 0.398 e. The van der Waals surface area contributed by atoms with E-state index in [4.69, 9.17) is 10.7 Å². The van der Waals surface area contributed by atoms with Gasteiger partial charge in [-0.05, 0) is 35.4 Å². The highest BCUT2D eigenvalue weighted by Crippen LogP contribution is 2.32. The number of fused-ring (bicyclic) bond motifs is 1. The predicted octanol–water partition coefficient (Wildman–Crippen LogP) is 5.20. The first-order chi connectivity index (χ1) is 17.6. The van der Waals surface area contributed by atoms with Gasteiger partial charge in [-0.15, -0.1) is 0 Å². The van der Waals surface area contributed by atoms with E-state index in [1.807, 2.05) is 66.7 Å². The van der Waals surface area contributed by atoms with E-state index in [0.29, 0.717) is 41.7 Å². The van der Waals surface area contributed by atoms with Gasteiger partial charge in [-0.2, -0.15) is 0 Å². The maximum absolute atomic E-state index is 12.4. The van der Waals surface area contributed by atoms with Crippen LogP contribution in [0.25, 0.3) is 33.3 Å². The summed E-state index contributed by atoms with van der Waals surface area (Å²) in [6.45, 7) is 1.21. The molecule has 0 atom stereocenters. The third-order valence-corrected chi connectivity index (χ3v) is 6.18. The lowest BCUT2D eigenvalue weighted by atomic mass is 9.97. The van der Waals surface area contributed by atoms with Crippen molar-refractivity contribution in [3.05, 3.63) is 119 Å². The molecule has 0 bridgehead atoms. The molecule has 5 rings (SSSR count). The van der Waals surface area contributed by atoms with Crippen molar-refractivity contribution in [1.82, 2.24) is 15.3 Å². The smallest absolute Gasteiger partial charge is 0.257 e. The van der Waals surface area contributed by atoms with E-state index in [1.165, 1.54) is 0 Å². The van der Waals surface area contributed by atoms with E-state index in [1.54, 1.807) is 18.3 Å². The topological polar surface area (TPSA) is 101 Å². The molecule has 0 saturated heterocycles. The van der Waals surface area contributed by atoms with Crippen molar-refractivity contribution in [2.45, 2.75) is 13.0 Å². The number of anilines is 1. The highest BCUT2D eigenvalue weighted by molar-refractivity contribution is 6.00. The first-order valence-corrected chi connectivity index (χ1v) is 11.9. The highest BCUT2D eigenvalue weighted by atomic mass is 16.1. The van der Waals surface area contributed by atoms with Crippen LogP contribution in [0.1, 0.15) is 22.3 Å². The summed E-state index contributed by atoms with van der Waals surface area (Å²) in [6.07, 6.45) is 2.00. The molecule has 178 valence electrons. The number of nitrogens with one attached hydrogen (secondary N) is 2. The number of rotatable bonds is 8. The highest BCUT2D eigenvalue weighted by Gasteiger charge is 2.13. The van der Waals surface area contributed by atoms with E-state index in [0.717, 1.165) is 27.9 Å². The Kier molecular flexibility index (Phi) is 6.69. The monoisotopic (exact) mass is 474 g/mol. The lowest BCUT2D eigenvalue weighted by Gasteiger charge is -2.12. The number of Topliss-reactive ketones (excluding diaryl/α,β-unsaturated/α-hetero) is 1. The van der Waals surface area contributed by atoms with Gasteiger partial charge in [-0.3, -0.25) is 9.59 Å². The third-order valence-electron chi connectivity index (χ3n) is 6.18. The van der Waals surface area contributed by atoms with Crippen LogP contribution in [0.5, 0.6) is 0 Å². The van der Waals surface area contributed by atoms with Gasteiger partial charge in [0.1, 0.15) is 0 Å². The average molecular weight is 475 g/mol. The molecule has 36 heavy (non-hydrogen) atoms. The fraction of sp³-hybridized carbons (Fsp3) is 0.100. The maximum atomic E-state index is 12.4. The number of aromatic nitrogens is 2. The summed E-state index contributed by atoms with van der Waals surface area (Å²) in [7, 11) is 0. The summed E-state index contributed by atoms with van der Waals surface area (Å²) < 4.78 is 0. The second kappa shape index (κ2) is 10.4. The summed E-state index contributed by atoms with van der Waals surface area (Å²) in [5.41, 5.74) is 12.3. The quantitative estimate of drug-likeness (QED) is 0.163. The molecule has 0 fully saturated rings. The molecule has 3 aromatic carbocycles. The summed E-state index contributed by atoms with van der Waals surface area (Å²) in [5.74, 6) is 0.0330. The Labute approximate surface area is 208 Å². The van der Waals surface area contributed by atoms with Gasteiger partial charge in [-0.25, -0.2) is 4.98 Å². The maximum Gasteiger partial charge on any atom is 0.257 e. The molecule has 5 aromatic rings. The average Bonchev–Trinajstić information content (AvgIpc) is 2.92. The molecule has 4 N–H and O–H groups in total.